The van der Waals surface area contributed by atoms with Crippen LogP contribution in [-0.4, -0.2) is 35.2 Å². The second-order valence-electron chi connectivity index (χ2n) is 3.39. The summed E-state index contributed by atoms with van der Waals surface area (Å²) in [5.74, 6) is -2.39. The maximum Gasteiger partial charge on any atom is 0.323 e. The minimum atomic E-state index is -1.19. The second-order valence-corrected chi connectivity index (χ2v) is 3.80. The highest BCUT2D eigenvalue weighted by Gasteiger charge is 2.18. The Labute approximate surface area is 108 Å². The average Bonchev–Trinajstić information content (AvgIpc) is 2.26. The van der Waals surface area contributed by atoms with Crippen LogP contribution in [0.15, 0.2) is 18.2 Å². The highest BCUT2D eigenvalue weighted by atomic mass is 35.5. The third kappa shape index (κ3) is 3.37. The van der Waals surface area contributed by atoms with Crippen LogP contribution in [0.3, 0.4) is 0 Å². The molecule has 0 aliphatic carbocycles. The number of anilines is 1. The molecule has 0 heterocycles. The molecule has 2 N–H and O–H groups in total. The van der Waals surface area contributed by atoms with E-state index >= 15 is 0 Å². The SMILES string of the molecule is N#Cc1c(Cl)cccc1N(CC(=O)O)CC(=O)O. The van der Waals surface area contributed by atoms with Gasteiger partial charge in [0.2, 0.25) is 0 Å². The van der Waals surface area contributed by atoms with E-state index < -0.39 is 25.0 Å². The van der Waals surface area contributed by atoms with Gasteiger partial charge in [0.1, 0.15) is 19.2 Å². The first-order valence-corrected chi connectivity index (χ1v) is 5.20. The first kappa shape index (κ1) is 13.8. The van der Waals surface area contributed by atoms with Gasteiger partial charge < -0.3 is 15.1 Å². The zero-order chi connectivity index (χ0) is 13.7. The summed E-state index contributed by atoms with van der Waals surface area (Å²) in [4.78, 5) is 22.5. The van der Waals surface area contributed by atoms with Crippen LogP contribution in [0.5, 0.6) is 0 Å². The fraction of sp³-hybridized carbons (Fsp3) is 0.182. The number of nitrogens with zero attached hydrogens (tertiary/aromatic N) is 2. The van der Waals surface area contributed by atoms with Gasteiger partial charge in [-0.05, 0) is 12.1 Å². The van der Waals surface area contributed by atoms with Crippen molar-refractivity contribution in [2.45, 2.75) is 0 Å². The normalized spacial score (nSPS) is 9.56. The van der Waals surface area contributed by atoms with Crippen molar-refractivity contribution in [3.05, 3.63) is 28.8 Å². The monoisotopic (exact) mass is 268 g/mol. The minimum Gasteiger partial charge on any atom is -0.480 e. The number of hydrogen-bond acceptors (Lipinski definition) is 4. The van der Waals surface area contributed by atoms with Gasteiger partial charge in [-0.25, -0.2) is 0 Å². The molecule has 6 nitrogen and oxygen atoms in total. The van der Waals surface area contributed by atoms with E-state index in [-0.39, 0.29) is 16.3 Å². The Balaban J connectivity index is 3.20. The Kier molecular flexibility index (Phi) is 4.52. The zero-order valence-corrected chi connectivity index (χ0v) is 9.89. The lowest BCUT2D eigenvalue weighted by Crippen LogP contribution is -2.35. The molecule has 0 aliphatic heterocycles. The van der Waals surface area contributed by atoms with E-state index in [1.54, 1.807) is 0 Å². The van der Waals surface area contributed by atoms with Crippen molar-refractivity contribution >= 4 is 29.2 Å². The van der Waals surface area contributed by atoms with Crippen molar-refractivity contribution < 1.29 is 19.8 Å². The predicted molar refractivity (Wildman–Crippen MR) is 63.7 cm³/mol. The number of carbonyl (C=O) groups is 2. The van der Waals surface area contributed by atoms with E-state index in [9.17, 15) is 9.59 Å². The van der Waals surface area contributed by atoms with E-state index in [0.717, 1.165) is 4.90 Å². The lowest BCUT2D eigenvalue weighted by atomic mass is 10.1. The third-order valence-corrected chi connectivity index (χ3v) is 2.41. The Morgan fingerprint density at radius 1 is 1.28 bits per heavy atom. The van der Waals surface area contributed by atoms with Crippen LogP contribution in [0.25, 0.3) is 0 Å². The fourth-order valence-corrected chi connectivity index (χ4v) is 1.65. The number of benzene rings is 1. The number of carboxylic acid groups (broad SMARTS) is 2. The number of aliphatic carboxylic acids is 2. The molecule has 0 unspecified atom stereocenters. The molecule has 94 valence electrons. The van der Waals surface area contributed by atoms with E-state index in [0.29, 0.717) is 0 Å². The molecular weight excluding hydrogens is 260 g/mol. The number of carboxylic acids is 2. The molecule has 0 fully saturated rings. The van der Waals surface area contributed by atoms with Crippen LogP contribution < -0.4 is 4.90 Å². The third-order valence-electron chi connectivity index (χ3n) is 2.10. The van der Waals surface area contributed by atoms with Gasteiger partial charge in [-0.1, -0.05) is 17.7 Å². The molecule has 1 rings (SSSR count). The van der Waals surface area contributed by atoms with Crippen molar-refractivity contribution in [3.8, 4) is 6.07 Å². The summed E-state index contributed by atoms with van der Waals surface area (Å²) < 4.78 is 0. The van der Waals surface area contributed by atoms with Crippen molar-refractivity contribution in [2.24, 2.45) is 0 Å². The van der Waals surface area contributed by atoms with E-state index in [1.807, 2.05) is 6.07 Å². The van der Waals surface area contributed by atoms with Crippen molar-refractivity contribution in [1.29, 1.82) is 5.26 Å². The highest BCUT2D eigenvalue weighted by molar-refractivity contribution is 6.32. The predicted octanol–water partition coefficient (Wildman–Crippen LogP) is 1.19. The van der Waals surface area contributed by atoms with Crippen molar-refractivity contribution in [3.63, 3.8) is 0 Å². The molecule has 1 aromatic rings. The Hall–Kier alpha value is -2.26. The molecule has 0 spiro atoms. The molecule has 0 bridgehead atoms. The van der Waals surface area contributed by atoms with E-state index in [4.69, 9.17) is 27.1 Å². The largest absolute Gasteiger partial charge is 0.480 e. The van der Waals surface area contributed by atoms with Crippen LogP contribution in [0.2, 0.25) is 5.02 Å². The number of nitriles is 1. The molecule has 0 amide bonds. The summed E-state index contributed by atoms with van der Waals surface area (Å²) in [5.41, 5.74) is 0.247. The number of rotatable bonds is 5. The molecular formula is C11H9ClN2O4. The summed E-state index contributed by atoms with van der Waals surface area (Å²) in [6.07, 6.45) is 0. The molecule has 0 saturated heterocycles. The zero-order valence-electron chi connectivity index (χ0n) is 9.13. The van der Waals surface area contributed by atoms with Gasteiger partial charge in [0.05, 0.1) is 16.3 Å². The van der Waals surface area contributed by atoms with Crippen LogP contribution in [0.1, 0.15) is 5.56 Å². The lowest BCUT2D eigenvalue weighted by Gasteiger charge is -2.22. The van der Waals surface area contributed by atoms with Gasteiger partial charge in [0.15, 0.2) is 0 Å². The molecule has 1 aromatic carbocycles. The van der Waals surface area contributed by atoms with Gasteiger partial charge in [-0.3, -0.25) is 9.59 Å². The quantitative estimate of drug-likeness (QED) is 0.832. The number of hydrogen-bond donors (Lipinski definition) is 2. The standard InChI is InChI=1S/C11H9ClN2O4/c12-8-2-1-3-9(7(8)4-13)14(5-10(15)16)6-11(17)18/h1-3H,5-6H2,(H,15,16)(H,17,18). The molecule has 0 atom stereocenters. The molecule has 0 saturated carbocycles. The first-order chi connectivity index (χ1) is 8.45. The number of halogens is 1. The Morgan fingerprint density at radius 2 is 1.83 bits per heavy atom. The Bertz CT molecular complexity index is 508. The van der Waals surface area contributed by atoms with Crippen LogP contribution in [0.4, 0.5) is 5.69 Å². The van der Waals surface area contributed by atoms with Crippen LogP contribution >= 0.6 is 11.6 Å². The topological polar surface area (TPSA) is 102 Å². The summed E-state index contributed by atoms with van der Waals surface area (Å²) in [5, 5.41) is 26.6. The molecule has 0 aliphatic rings. The fourth-order valence-electron chi connectivity index (χ4n) is 1.44. The smallest absolute Gasteiger partial charge is 0.323 e. The van der Waals surface area contributed by atoms with E-state index in [2.05, 4.69) is 0 Å². The van der Waals surface area contributed by atoms with E-state index in [1.165, 1.54) is 18.2 Å². The van der Waals surface area contributed by atoms with Gasteiger partial charge in [0, 0.05) is 0 Å². The van der Waals surface area contributed by atoms with Gasteiger partial charge in [-0.15, -0.1) is 0 Å². The summed E-state index contributed by atoms with van der Waals surface area (Å²) in [6.45, 7) is -1.05. The van der Waals surface area contributed by atoms with Crippen molar-refractivity contribution in [1.82, 2.24) is 0 Å². The molecule has 0 aromatic heterocycles. The summed E-state index contributed by atoms with van der Waals surface area (Å²) >= 11 is 5.80. The van der Waals surface area contributed by atoms with Crippen LogP contribution in [-0.2, 0) is 9.59 Å². The second kappa shape index (κ2) is 5.89. The van der Waals surface area contributed by atoms with Gasteiger partial charge in [-0.2, -0.15) is 5.26 Å². The first-order valence-electron chi connectivity index (χ1n) is 4.83. The maximum absolute atomic E-state index is 10.7. The highest BCUT2D eigenvalue weighted by Crippen LogP contribution is 2.26. The summed E-state index contributed by atoms with van der Waals surface area (Å²) in [6, 6.07) is 6.28. The van der Waals surface area contributed by atoms with Gasteiger partial charge in [0.25, 0.3) is 0 Å². The van der Waals surface area contributed by atoms with Crippen molar-refractivity contribution in [2.75, 3.05) is 18.0 Å². The molecule has 7 heteroatoms. The average molecular weight is 269 g/mol. The maximum atomic E-state index is 10.7. The van der Waals surface area contributed by atoms with Crippen LogP contribution in [0, 0.1) is 11.3 Å². The molecule has 0 radical (unpaired) electrons. The minimum absolute atomic E-state index is 0.0571. The lowest BCUT2D eigenvalue weighted by molar-refractivity contribution is -0.136. The van der Waals surface area contributed by atoms with Gasteiger partial charge >= 0.3 is 11.9 Å². The molecule has 18 heavy (non-hydrogen) atoms. The summed E-state index contributed by atoms with van der Waals surface area (Å²) in [7, 11) is 0. The Morgan fingerprint density at radius 3 is 2.28 bits per heavy atom.